The van der Waals surface area contributed by atoms with Crippen LogP contribution in [-0.2, 0) is 4.79 Å². The first-order chi connectivity index (χ1) is 8.44. The van der Waals surface area contributed by atoms with Gasteiger partial charge in [0.2, 0.25) is 5.91 Å². The predicted molar refractivity (Wildman–Crippen MR) is 79.8 cm³/mol. The van der Waals surface area contributed by atoms with E-state index < -0.39 is 0 Å². The first-order valence-electron chi connectivity index (χ1n) is 7.02. The second-order valence-corrected chi connectivity index (χ2v) is 6.81. The Hall–Kier alpha value is -0.220. The van der Waals surface area contributed by atoms with Crippen molar-refractivity contribution in [1.29, 1.82) is 0 Å². The van der Waals surface area contributed by atoms with E-state index >= 15 is 0 Å². The number of hydrogen-bond acceptors (Lipinski definition) is 3. The Balaban J connectivity index is 2.70. The average Bonchev–Trinajstić information content (AvgIpc) is 2.54. The number of nitrogens with one attached hydrogen (secondary N) is 1. The molecule has 3 nitrogen and oxygen atoms in total. The monoisotopic (exact) mass is 272 g/mol. The molecule has 1 aliphatic rings. The van der Waals surface area contributed by atoms with Crippen molar-refractivity contribution in [3.8, 4) is 0 Å². The molecule has 0 aromatic rings. The molecule has 1 saturated heterocycles. The van der Waals surface area contributed by atoms with Crippen LogP contribution in [-0.4, -0.2) is 41.1 Å². The quantitative estimate of drug-likeness (QED) is 0.723. The molecule has 1 N–H and O–H groups in total. The molecule has 106 valence electrons. The zero-order valence-electron chi connectivity index (χ0n) is 12.5. The molecular formula is C14H28N2OS. The molecule has 1 amide bonds. The number of thioether (sulfide) groups is 1. The molecule has 0 saturated carbocycles. The first kappa shape index (κ1) is 15.8. The molecule has 2 unspecified atom stereocenters. The summed E-state index contributed by atoms with van der Waals surface area (Å²) in [6, 6.07) is 0. The zero-order chi connectivity index (χ0) is 13.8. The maximum atomic E-state index is 12.5. The number of amides is 1. The third kappa shape index (κ3) is 3.64. The third-order valence-electron chi connectivity index (χ3n) is 3.74. The van der Waals surface area contributed by atoms with Crippen molar-refractivity contribution in [3.05, 3.63) is 0 Å². The number of nitrogens with zero attached hydrogens (tertiary/aromatic N) is 1. The van der Waals surface area contributed by atoms with Gasteiger partial charge in [0, 0.05) is 6.54 Å². The highest BCUT2D eigenvalue weighted by Gasteiger charge is 2.46. The molecule has 2 atom stereocenters. The molecule has 0 spiro atoms. The summed E-state index contributed by atoms with van der Waals surface area (Å²) in [6.45, 7) is 9.45. The highest BCUT2D eigenvalue weighted by Crippen LogP contribution is 2.27. The summed E-state index contributed by atoms with van der Waals surface area (Å²) in [7, 11) is 0. The van der Waals surface area contributed by atoms with Crippen molar-refractivity contribution in [2.24, 2.45) is 5.92 Å². The van der Waals surface area contributed by atoms with Gasteiger partial charge in [-0.15, -0.1) is 0 Å². The summed E-state index contributed by atoms with van der Waals surface area (Å²) < 4.78 is 0. The van der Waals surface area contributed by atoms with Crippen molar-refractivity contribution in [3.63, 3.8) is 0 Å². The van der Waals surface area contributed by atoms with E-state index in [-0.39, 0.29) is 17.6 Å². The Bertz CT molecular complexity index is 283. The number of carbonyl (C=O) groups excluding carboxylic acids is 1. The van der Waals surface area contributed by atoms with Gasteiger partial charge in [0.05, 0.1) is 11.7 Å². The summed E-state index contributed by atoms with van der Waals surface area (Å²) in [5, 5.41) is 3.54. The summed E-state index contributed by atoms with van der Waals surface area (Å²) in [5.74, 6) is 2.02. The fraction of sp³-hybridized carbons (Fsp3) is 0.929. The van der Waals surface area contributed by atoms with Crippen molar-refractivity contribution >= 4 is 17.7 Å². The highest BCUT2D eigenvalue weighted by atomic mass is 32.2. The Labute approximate surface area is 116 Å². The molecule has 1 rings (SSSR count). The first-order valence-corrected chi connectivity index (χ1v) is 8.41. The smallest absolute Gasteiger partial charge is 0.243 e. The van der Waals surface area contributed by atoms with Crippen LogP contribution in [0.3, 0.4) is 0 Å². The molecule has 1 fully saturated rings. The largest absolute Gasteiger partial charge is 0.326 e. The lowest BCUT2D eigenvalue weighted by atomic mass is 9.99. The van der Waals surface area contributed by atoms with Gasteiger partial charge in [-0.1, -0.05) is 20.8 Å². The van der Waals surface area contributed by atoms with E-state index in [4.69, 9.17) is 0 Å². The standard InChI is InChI=1S/C14H28N2OS/c1-6-14(4)13(17)16(8-7-9-18-5)12(15-14)10-11(2)3/h11-12,15H,6-10H2,1-5H3. The minimum Gasteiger partial charge on any atom is -0.326 e. The van der Waals surface area contributed by atoms with Gasteiger partial charge in [-0.2, -0.15) is 11.8 Å². The van der Waals surface area contributed by atoms with Crippen LogP contribution in [0.25, 0.3) is 0 Å². The maximum Gasteiger partial charge on any atom is 0.243 e. The molecule has 1 aliphatic heterocycles. The highest BCUT2D eigenvalue weighted by molar-refractivity contribution is 7.98. The van der Waals surface area contributed by atoms with Gasteiger partial charge in [0.25, 0.3) is 0 Å². The second-order valence-electron chi connectivity index (χ2n) is 5.82. The van der Waals surface area contributed by atoms with E-state index in [1.54, 1.807) is 0 Å². The average molecular weight is 272 g/mol. The topological polar surface area (TPSA) is 32.3 Å². The van der Waals surface area contributed by atoms with Gasteiger partial charge in [-0.25, -0.2) is 0 Å². The summed E-state index contributed by atoms with van der Waals surface area (Å²) in [6.07, 6.45) is 5.33. The molecule has 0 bridgehead atoms. The van der Waals surface area contributed by atoms with E-state index in [1.807, 2.05) is 18.7 Å². The number of rotatable bonds is 7. The van der Waals surface area contributed by atoms with E-state index in [2.05, 4.69) is 37.2 Å². The van der Waals surface area contributed by atoms with E-state index in [0.29, 0.717) is 5.92 Å². The molecule has 4 heteroatoms. The zero-order valence-corrected chi connectivity index (χ0v) is 13.3. The van der Waals surface area contributed by atoms with Gasteiger partial charge in [0.1, 0.15) is 0 Å². The lowest BCUT2D eigenvalue weighted by Crippen LogP contribution is -2.44. The summed E-state index contributed by atoms with van der Waals surface area (Å²) >= 11 is 1.85. The van der Waals surface area contributed by atoms with Crippen LogP contribution in [0.2, 0.25) is 0 Å². The maximum absolute atomic E-state index is 12.5. The van der Waals surface area contributed by atoms with Gasteiger partial charge < -0.3 is 4.90 Å². The van der Waals surface area contributed by atoms with Crippen molar-refractivity contribution in [1.82, 2.24) is 10.2 Å². The second kappa shape index (κ2) is 6.80. The molecule has 0 radical (unpaired) electrons. The third-order valence-corrected chi connectivity index (χ3v) is 4.44. The van der Waals surface area contributed by atoms with Crippen LogP contribution in [0.5, 0.6) is 0 Å². The van der Waals surface area contributed by atoms with Crippen molar-refractivity contribution in [2.75, 3.05) is 18.6 Å². The predicted octanol–water partition coefficient (Wildman–Crippen LogP) is 2.71. The van der Waals surface area contributed by atoms with Crippen LogP contribution in [0.4, 0.5) is 0 Å². The normalized spacial score (nSPS) is 28.4. The van der Waals surface area contributed by atoms with Crippen LogP contribution in [0.1, 0.15) is 47.0 Å². The van der Waals surface area contributed by atoms with Crippen molar-refractivity contribution < 1.29 is 4.79 Å². The Morgan fingerprint density at radius 3 is 2.67 bits per heavy atom. The lowest BCUT2D eigenvalue weighted by Gasteiger charge is -2.25. The summed E-state index contributed by atoms with van der Waals surface area (Å²) in [5.41, 5.74) is -0.348. The van der Waals surface area contributed by atoms with Crippen molar-refractivity contribution in [2.45, 2.75) is 58.7 Å². The Morgan fingerprint density at radius 1 is 1.50 bits per heavy atom. The molecular weight excluding hydrogens is 244 g/mol. The minimum absolute atomic E-state index is 0.226. The SMILES string of the molecule is CCC1(C)NC(CC(C)C)N(CCCSC)C1=O. The van der Waals surface area contributed by atoms with Crippen LogP contribution < -0.4 is 5.32 Å². The number of carbonyl (C=O) groups is 1. The molecule has 0 aromatic heterocycles. The number of hydrogen-bond donors (Lipinski definition) is 1. The molecule has 1 heterocycles. The van der Waals surface area contributed by atoms with E-state index in [1.165, 1.54) is 0 Å². The van der Waals surface area contributed by atoms with Gasteiger partial charge in [0.15, 0.2) is 0 Å². The van der Waals surface area contributed by atoms with E-state index in [9.17, 15) is 4.79 Å². The van der Waals surface area contributed by atoms with Gasteiger partial charge in [-0.3, -0.25) is 10.1 Å². The molecule has 0 aromatic carbocycles. The fourth-order valence-electron chi connectivity index (χ4n) is 2.49. The summed E-state index contributed by atoms with van der Waals surface area (Å²) in [4.78, 5) is 14.6. The van der Waals surface area contributed by atoms with Crippen LogP contribution >= 0.6 is 11.8 Å². The Kier molecular flexibility index (Phi) is 5.99. The van der Waals surface area contributed by atoms with Crippen LogP contribution in [0, 0.1) is 5.92 Å². The Morgan fingerprint density at radius 2 is 2.17 bits per heavy atom. The fourth-order valence-corrected chi connectivity index (χ4v) is 2.91. The van der Waals surface area contributed by atoms with Gasteiger partial charge >= 0.3 is 0 Å². The van der Waals surface area contributed by atoms with Crippen LogP contribution in [0.15, 0.2) is 0 Å². The minimum atomic E-state index is -0.348. The lowest BCUT2D eigenvalue weighted by molar-refractivity contribution is -0.133. The molecule has 0 aliphatic carbocycles. The van der Waals surface area contributed by atoms with Gasteiger partial charge in [-0.05, 0) is 44.1 Å². The molecule has 18 heavy (non-hydrogen) atoms. The van der Waals surface area contributed by atoms with E-state index in [0.717, 1.165) is 31.6 Å².